The third-order valence-corrected chi connectivity index (χ3v) is 4.65. The summed E-state index contributed by atoms with van der Waals surface area (Å²) in [5.74, 6) is 1.07. The van der Waals surface area contributed by atoms with Gasteiger partial charge in [-0.1, -0.05) is 11.6 Å². The quantitative estimate of drug-likeness (QED) is 0.499. The lowest BCUT2D eigenvalue weighted by Crippen LogP contribution is -2.22. The molecule has 4 rings (SSSR count). The second kappa shape index (κ2) is 7.76. The molecular formula is C18H19ClN8O3. The van der Waals surface area contributed by atoms with Gasteiger partial charge in [0.1, 0.15) is 5.82 Å². The van der Waals surface area contributed by atoms with Crippen LogP contribution in [0.3, 0.4) is 0 Å². The topological polar surface area (TPSA) is 120 Å². The molecular weight excluding hydrogens is 412 g/mol. The zero-order valence-corrected chi connectivity index (χ0v) is 17.4. The summed E-state index contributed by atoms with van der Waals surface area (Å²) in [7, 11) is 3.09. The fourth-order valence-corrected chi connectivity index (χ4v) is 3.26. The molecule has 2 N–H and O–H groups in total. The lowest BCUT2D eigenvalue weighted by atomic mass is 10.2. The second-order valence-corrected chi connectivity index (χ2v) is 6.86. The fraction of sp³-hybridized carbons (Fsp3) is 0.278. The minimum atomic E-state index is -0.489. The number of aryl methyl sites for hydroxylation is 1. The summed E-state index contributed by atoms with van der Waals surface area (Å²) >= 11 is 6.01. The van der Waals surface area contributed by atoms with Gasteiger partial charge in [0.15, 0.2) is 22.2 Å². The van der Waals surface area contributed by atoms with Gasteiger partial charge in [-0.2, -0.15) is 10.2 Å². The third-order valence-electron chi connectivity index (χ3n) is 4.46. The number of halogens is 1. The van der Waals surface area contributed by atoms with Crippen molar-refractivity contribution in [2.45, 2.75) is 20.0 Å². The maximum Gasteiger partial charge on any atom is 0.323 e. The Morgan fingerprint density at radius 3 is 2.77 bits per heavy atom. The molecule has 11 nitrogen and oxygen atoms in total. The van der Waals surface area contributed by atoms with Crippen molar-refractivity contribution >= 4 is 40.3 Å². The van der Waals surface area contributed by atoms with Crippen LogP contribution in [-0.2, 0) is 4.74 Å². The number of carbonyl (C=O) groups excluding carboxylic acids is 1. The van der Waals surface area contributed by atoms with E-state index in [9.17, 15) is 4.79 Å². The molecule has 156 valence electrons. The molecule has 0 aliphatic carbocycles. The van der Waals surface area contributed by atoms with Gasteiger partial charge in [-0.15, -0.1) is 0 Å². The summed E-state index contributed by atoms with van der Waals surface area (Å²) in [5.41, 5.74) is 2.60. The summed E-state index contributed by atoms with van der Waals surface area (Å²) in [4.78, 5) is 21.3. The highest BCUT2D eigenvalue weighted by molar-refractivity contribution is 6.29. The number of hydrogen-bond acceptors (Lipinski definition) is 7. The van der Waals surface area contributed by atoms with E-state index in [0.717, 1.165) is 0 Å². The van der Waals surface area contributed by atoms with Gasteiger partial charge < -0.3 is 20.1 Å². The normalized spacial score (nSPS) is 12.3. The van der Waals surface area contributed by atoms with E-state index in [-0.39, 0.29) is 11.3 Å². The van der Waals surface area contributed by atoms with E-state index >= 15 is 0 Å². The number of aromatic nitrogens is 6. The van der Waals surface area contributed by atoms with E-state index in [2.05, 4.69) is 30.8 Å². The Hall–Kier alpha value is -3.44. The first kappa shape index (κ1) is 19.9. The third kappa shape index (κ3) is 3.60. The Bertz CT molecular complexity index is 1250. The smallest absolute Gasteiger partial charge is 0.323 e. The number of methoxy groups -OCH3 is 2. The molecule has 4 aromatic heterocycles. The van der Waals surface area contributed by atoms with Crippen LogP contribution in [0.1, 0.15) is 24.5 Å². The first-order valence-corrected chi connectivity index (χ1v) is 9.33. The van der Waals surface area contributed by atoms with Gasteiger partial charge in [0, 0.05) is 19.2 Å². The number of amides is 2. The van der Waals surface area contributed by atoms with Crippen molar-refractivity contribution < 1.29 is 14.3 Å². The molecule has 0 aliphatic rings. The maximum absolute atomic E-state index is 12.7. The largest absolute Gasteiger partial charge is 0.493 e. The van der Waals surface area contributed by atoms with Crippen molar-refractivity contribution in [3.8, 4) is 5.75 Å². The lowest BCUT2D eigenvalue weighted by molar-refractivity contribution is 0.114. The number of fused-ring (bicyclic) bond motifs is 2. The van der Waals surface area contributed by atoms with Gasteiger partial charge in [0.2, 0.25) is 0 Å². The van der Waals surface area contributed by atoms with Crippen LogP contribution in [0.15, 0.2) is 24.5 Å². The highest BCUT2D eigenvalue weighted by atomic mass is 35.5. The van der Waals surface area contributed by atoms with Crippen LogP contribution in [0.5, 0.6) is 5.75 Å². The highest BCUT2D eigenvalue weighted by Gasteiger charge is 2.19. The minimum absolute atomic E-state index is 0.289. The van der Waals surface area contributed by atoms with E-state index in [0.29, 0.717) is 39.9 Å². The highest BCUT2D eigenvalue weighted by Crippen LogP contribution is 2.27. The van der Waals surface area contributed by atoms with E-state index in [4.69, 9.17) is 21.1 Å². The van der Waals surface area contributed by atoms with Crippen LogP contribution in [0.2, 0.25) is 5.15 Å². The zero-order valence-electron chi connectivity index (χ0n) is 16.7. The van der Waals surface area contributed by atoms with E-state index in [1.54, 1.807) is 41.4 Å². The second-order valence-electron chi connectivity index (χ2n) is 6.48. The molecule has 4 aromatic rings. The number of anilines is 2. The number of ether oxygens (including phenoxy) is 2. The van der Waals surface area contributed by atoms with Gasteiger partial charge in [0.25, 0.3) is 0 Å². The van der Waals surface area contributed by atoms with Crippen molar-refractivity contribution in [3.63, 3.8) is 0 Å². The van der Waals surface area contributed by atoms with E-state index in [1.165, 1.54) is 13.3 Å². The molecule has 0 saturated heterocycles. The first-order valence-electron chi connectivity index (χ1n) is 8.95. The van der Waals surface area contributed by atoms with Crippen molar-refractivity contribution in [2.75, 3.05) is 24.9 Å². The van der Waals surface area contributed by atoms with Crippen LogP contribution in [0, 0.1) is 6.92 Å². The van der Waals surface area contributed by atoms with Crippen molar-refractivity contribution in [1.82, 2.24) is 29.2 Å². The predicted octanol–water partition coefficient (Wildman–Crippen LogP) is 3.09. The summed E-state index contributed by atoms with van der Waals surface area (Å²) < 4.78 is 13.9. The van der Waals surface area contributed by atoms with Gasteiger partial charge in [-0.3, -0.25) is 0 Å². The molecule has 30 heavy (non-hydrogen) atoms. The Balaban J connectivity index is 1.64. The molecule has 12 heteroatoms. The number of nitrogens with zero attached hydrogens (tertiary/aromatic N) is 6. The van der Waals surface area contributed by atoms with Crippen molar-refractivity contribution in [1.29, 1.82) is 0 Å². The molecule has 0 unspecified atom stereocenters. The molecule has 4 heterocycles. The van der Waals surface area contributed by atoms with Crippen LogP contribution < -0.4 is 15.4 Å². The van der Waals surface area contributed by atoms with Crippen molar-refractivity contribution in [2.24, 2.45) is 0 Å². The average Bonchev–Trinajstić information content (AvgIpc) is 3.27. The SMILES string of the molecule is COc1cc(NC(=O)Nc2cnc3cc(Cl)nn3c2[C@H](C)OC)cn2nc(C)nc12. The standard InChI is InChI=1S/C18H19ClN8O3/c1-9(29-3)16-12(7-20-15-6-14(19)25-27(15)16)23-18(28)22-11-5-13(30-4)17-21-10(2)24-26(17)8-11/h5-9H,1-4H3,(H2,22,23,28)/t9-/m0/s1. The van der Waals surface area contributed by atoms with E-state index in [1.807, 2.05) is 6.92 Å². The van der Waals surface area contributed by atoms with Crippen LogP contribution in [0.4, 0.5) is 16.2 Å². The van der Waals surface area contributed by atoms with Crippen LogP contribution >= 0.6 is 11.6 Å². The molecule has 0 saturated carbocycles. The van der Waals surface area contributed by atoms with Gasteiger partial charge >= 0.3 is 6.03 Å². The molecule has 0 bridgehead atoms. The van der Waals surface area contributed by atoms with Crippen LogP contribution in [-0.4, -0.2) is 49.4 Å². The number of carbonyl (C=O) groups is 1. The Labute approximate surface area is 176 Å². The Morgan fingerprint density at radius 2 is 2.03 bits per heavy atom. The summed E-state index contributed by atoms with van der Waals surface area (Å²) in [6.07, 6.45) is 2.80. The molecule has 2 amide bonds. The predicted molar refractivity (Wildman–Crippen MR) is 110 cm³/mol. The minimum Gasteiger partial charge on any atom is -0.493 e. The monoisotopic (exact) mass is 430 g/mol. The number of urea groups is 1. The number of hydrogen-bond donors (Lipinski definition) is 2. The molecule has 1 atom stereocenters. The summed E-state index contributed by atoms with van der Waals surface area (Å²) in [6, 6.07) is 2.80. The van der Waals surface area contributed by atoms with Crippen molar-refractivity contribution in [3.05, 3.63) is 41.2 Å². The molecule has 0 aliphatic heterocycles. The zero-order chi connectivity index (χ0) is 21.4. The molecule has 0 radical (unpaired) electrons. The Kier molecular flexibility index (Phi) is 5.14. The first-order chi connectivity index (χ1) is 14.4. The van der Waals surface area contributed by atoms with Crippen LogP contribution in [0.25, 0.3) is 11.3 Å². The van der Waals surface area contributed by atoms with Gasteiger partial charge in [-0.05, 0) is 13.8 Å². The molecule has 0 aromatic carbocycles. The van der Waals surface area contributed by atoms with Gasteiger partial charge in [-0.25, -0.2) is 23.8 Å². The van der Waals surface area contributed by atoms with E-state index < -0.39 is 6.03 Å². The number of pyridine rings is 1. The summed E-state index contributed by atoms with van der Waals surface area (Å²) in [5, 5.41) is 14.3. The average molecular weight is 431 g/mol. The number of rotatable bonds is 5. The Morgan fingerprint density at radius 1 is 1.23 bits per heavy atom. The van der Waals surface area contributed by atoms with Gasteiger partial charge in [0.05, 0.1) is 42.7 Å². The maximum atomic E-state index is 12.7. The molecule has 0 spiro atoms. The lowest BCUT2D eigenvalue weighted by Gasteiger charge is -2.17. The fourth-order valence-electron chi connectivity index (χ4n) is 3.09. The molecule has 0 fully saturated rings. The number of nitrogens with one attached hydrogen (secondary N) is 2. The summed E-state index contributed by atoms with van der Waals surface area (Å²) in [6.45, 7) is 3.61.